The number of benzene rings is 1. The fraction of sp³-hybridized carbons (Fsp3) is 0.533. The highest BCUT2D eigenvalue weighted by Gasteiger charge is 2.29. The molecular formula is C15H20BrNO. The monoisotopic (exact) mass is 309 g/mol. The molecule has 98 valence electrons. The Hall–Kier alpha value is -0.830. The van der Waals surface area contributed by atoms with Gasteiger partial charge in [-0.25, -0.2) is 0 Å². The van der Waals surface area contributed by atoms with Crippen LogP contribution < -0.4 is 0 Å². The van der Waals surface area contributed by atoms with Gasteiger partial charge in [0.15, 0.2) is 0 Å². The number of hydrogen-bond acceptors (Lipinski definition) is 1. The summed E-state index contributed by atoms with van der Waals surface area (Å²) in [5.41, 5.74) is 1.94. The highest BCUT2D eigenvalue weighted by molar-refractivity contribution is 9.10. The summed E-state index contributed by atoms with van der Waals surface area (Å²) in [6.07, 6.45) is 3.45. The van der Waals surface area contributed by atoms with Crippen molar-refractivity contribution in [1.82, 2.24) is 4.90 Å². The van der Waals surface area contributed by atoms with Gasteiger partial charge in [-0.05, 0) is 57.7 Å². The van der Waals surface area contributed by atoms with Gasteiger partial charge in [-0.1, -0.05) is 22.0 Å². The lowest BCUT2D eigenvalue weighted by atomic mass is 9.96. The largest absolute Gasteiger partial charge is 0.333 e. The molecule has 1 aliphatic rings. The first-order valence-electron chi connectivity index (χ1n) is 6.59. The summed E-state index contributed by atoms with van der Waals surface area (Å²) in [7, 11) is 0. The SMILES string of the molecule is Cc1ccc(C(=O)N2[C@H](C)CCC[C@@H]2C)cc1Br. The first kappa shape index (κ1) is 13.6. The van der Waals surface area contributed by atoms with E-state index in [4.69, 9.17) is 0 Å². The maximum Gasteiger partial charge on any atom is 0.254 e. The van der Waals surface area contributed by atoms with Crippen molar-refractivity contribution in [3.8, 4) is 0 Å². The van der Waals surface area contributed by atoms with Crippen molar-refractivity contribution in [1.29, 1.82) is 0 Å². The number of aryl methyl sites for hydroxylation is 1. The van der Waals surface area contributed by atoms with Crippen LogP contribution in [0.2, 0.25) is 0 Å². The number of hydrogen-bond donors (Lipinski definition) is 0. The van der Waals surface area contributed by atoms with Gasteiger partial charge in [-0.3, -0.25) is 4.79 Å². The van der Waals surface area contributed by atoms with Crippen LogP contribution >= 0.6 is 15.9 Å². The second kappa shape index (κ2) is 5.43. The molecule has 0 spiro atoms. The van der Waals surface area contributed by atoms with E-state index in [0.717, 1.165) is 28.4 Å². The quantitative estimate of drug-likeness (QED) is 0.762. The second-order valence-corrected chi connectivity index (χ2v) is 6.16. The number of piperidine rings is 1. The molecule has 0 aromatic heterocycles. The molecule has 0 saturated carbocycles. The minimum Gasteiger partial charge on any atom is -0.333 e. The van der Waals surface area contributed by atoms with Gasteiger partial charge in [0.05, 0.1) is 0 Å². The molecule has 0 N–H and O–H groups in total. The summed E-state index contributed by atoms with van der Waals surface area (Å²) in [6, 6.07) is 6.56. The Kier molecular flexibility index (Phi) is 4.10. The summed E-state index contributed by atoms with van der Waals surface area (Å²) in [6.45, 7) is 6.33. The van der Waals surface area contributed by atoms with Gasteiger partial charge in [-0.2, -0.15) is 0 Å². The Morgan fingerprint density at radius 2 is 1.89 bits per heavy atom. The molecule has 1 heterocycles. The smallest absolute Gasteiger partial charge is 0.254 e. The third-order valence-electron chi connectivity index (χ3n) is 3.85. The summed E-state index contributed by atoms with van der Waals surface area (Å²) < 4.78 is 1.01. The number of carbonyl (C=O) groups excluding carboxylic acids is 1. The van der Waals surface area contributed by atoms with Crippen LogP contribution in [-0.2, 0) is 0 Å². The van der Waals surface area contributed by atoms with E-state index < -0.39 is 0 Å². The van der Waals surface area contributed by atoms with E-state index in [1.54, 1.807) is 0 Å². The minimum absolute atomic E-state index is 0.162. The standard InChI is InChI=1S/C15H20BrNO/c1-10-7-8-13(9-14(10)16)15(18)17-11(2)5-4-6-12(17)3/h7-9,11-12H,4-6H2,1-3H3/t11-,12+. The van der Waals surface area contributed by atoms with Gasteiger partial charge in [0.1, 0.15) is 0 Å². The van der Waals surface area contributed by atoms with E-state index in [1.165, 1.54) is 6.42 Å². The predicted octanol–water partition coefficient (Wildman–Crippen LogP) is 4.16. The van der Waals surface area contributed by atoms with Crippen molar-refractivity contribution in [2.45, 2.75) is 52.1 Å². The first-order chi connectivity index (χ1) is 8.50. The van der Waals surface area contributed by atoms with Crippen LogP contribution in [0.25, 0.3) is 0 Å². The lowest BCUT2D eigenvalue weighted by Gasteiger charge is -2.39. The molecule has 1 amide bonds. The average molecular weight is 310 g/mol. The van der Waals surface area contributed by atoms with Gasteiger partial charge >= 0.3 is 0 Å². The van der Waals surface area contributed by atoms with E-state index in [-0.39, 0.29) is 5.91 Å². The van der Waals surface area contributed by atoms with E-state index in [9.17, 15) is 4.79 Å². The number of halogens is 1. The zero-order valence-electron chi connectivity index (χ0n) is 11.2. The zero-order chi connectivity index (χ0) is 13.3. The highest BCUT2D eigenvalue weighted by atomic mass is 79.9. The van der Waals surface area contributed by atoms with Crippen LogP contribution in [0.4, 0.5) is 0 Å². The second-order valence-electron chi connectivity index (χ2n) is 5.31. The fourth-order valence-corrected chi connectivity index (χ4v) is 3.08. The van der Waals surface area contributed by atoms with E-state index >= 15 is 0 Å². The third-order valence-corrected chi connectivity index (χ3v) is 4.70. The molecule has 0 aliphatic carbocycles. The highest BCUT2D eigenvalue weighted by Crippen LogP contribution is 2.26. The summed E-state index contributed by atoms with van der Waals surface area (Å²) in [5.74, 6) is 0.162. The molecule has 0 radical (unpaired) electrons. The molecular weight excluding hydrogens is 290 g/mol. The Morgan fingerprint density at radius 1 is 1.28 bits per heavy atom. The number of rotatable bonds is 1. The fourth-order valence-electron chi connectivity index (χ4n) is 2.70. The number of amides is 1. The Labute approximate surface area is 117 Å². The first-order valence-corrected chi connectivity index (χ1v) is 7.39. The molecule has 1 aromatic rings. The summed E-state index contributed by atoms with van der Waals surface area (Å²) >= 11 is 3.50. The van der Waals surface area contributed by atoms with Crippen LogP contribution in [0.15, 0.2) is 22.7 Å². The van der Waals surface area contributed by atoms with Crippen LogP contribution in [0.1, 0.15) is 49.0 Å². The van der Waals surface area contributed by atoms with Crippen LogP contribution in [-0.4, -0.2) is 22.9 Å². The molecule has 1 aromatic carbocycles. The molecule has 1 saturated heterocycles. The van der Waals surface area contributed by atoms with E-state index in [1.807, 2.05) is 30.0 Å². The molecule has 1 aliphatic heterocycles. The Morgan fingerprint density at radius 3 is 2.44 bits per heavy atom. The van der Waals surface area contributed by atoms with Crippen LogP contribution in [0, 0.1) is 6.92 Å². The Balaban J connectivity index is 2.26. The lowest BCUT2D eigenvalue weighted by Crippen LogP contribution is -2.47. The Bertz CT molecular complexity index is 448. The predicted molar refractivity (Wildman–Crippen MR) is 77.8 cm³/mol. The van der Waals surface area contributed by atoms with Crippen LogP contribution in [0.3, 0.4) is 0 Å². The van der Waals surface area contributed by atoms with Crippen molar-refractivity contribution in [3.63, 3.8) is 0 Å². The molecule has 2 rings (SSSR count). The van der Waals surface area contributed by atoms with Crippen molar-refractivity contribution in [2.24, 2.45) is 0 Å². The van der Waals surface area contributed by atoms with Crippen molar-refractivity contribution in [2.75, 3.05) is 0 Å². The van der Waals surface area contributed by atoms with E-state index in [2.05, 4.69) is 29.8 Å². The average Bonchev–Trinajstić information content (AvgIpc) is 2.32. The van der Waals surface area contributed by atoms with Crippen molar-refractivity contribution >= 4 is 21.8 Å². The topological polar surface area (TPSA) is 20.3 Å². The summed E-state index contributed by atoms with van der Waals surface area (Å²) in [5, 5.41) is 0. The van der Waals surface area contributed by atoms with Gasteiger partial charge in [0.25, 0.3) is 5.91 Å². The maximum atomic E-state index is 12.6. The molecule has 1 fully saturated rings. The van der Waals surface area contributed by atoms with E-state index in [0.29, 0.717) is 12.1 Å². The molecule has 18 heavy (non-hydrogen) atoms. The summed E-state index contributed by atoms with van der Waals surface area (Å²) in [4.78, 5) is 14.6. The number of carbonyl (C=O) groups is 1. The molecule has 2 nitrogen and oxygen atoms in total. The lowest BCUT2D eigenvalue weighted by molar-refractivity contribution is 0.0510. The minimum atomic E-state index is 0.162. The van der Waals surface area contributed by atoms with Gasteiger partial charge in [0, 0.05) is 22.1 Å². The molecule has 3 heteroatoms. The third kappa shape index (κ3) is 2.61. The molecule has 0 unspecified atom stereocenters. The maximum absolute atomic E-state index is 12.6. The van der Waals surface area contributed by atoms with Crippen LogP contribution in [0.5, 0.6) is 0 Å². The van der Waals surface area contributed by atoms with Gasteiger partial charge < -0.3 is 4.90 Å². The zero-order valence-corrected chi connectivity index (χ0v) is 12.8. The normalized spacial score (nSPS) is 24.1. The number of likely N-dealkylation sites (tertiary alicyclic amines) is 1. The van der Waals surface area contributed by atoms with Crippen molar-refractivity contribution in [3.05, 3.63) is 33.8 Å². The van der Waals surface area contributed by atoms with Gasteiger partial charge in [-0.15, -0.1) is 0 Å². The van der Waals surface area contributed by atoms with Gasteiger partial charge in [0.2, 0.25) is 0 Å². The molecule has 0 bridgehead atoms. The number of nitrogens with zero attached hydrogens (tertiary/aromatic N) is 1. The van der Waals surface area contributed by atoms with Crippen molar-refractivity contribution < 1.29 is 4.79 Å². The molecule has 2 atom stereocenters.